The second-order valence-electron chi connectivity index (χ2n) is 9.71. The Balaban J connectivity index is 1.89. The molecular formula is C31H36N2O6. The van der Waals surface area contributed by atoms with Gasteiger partial charge in [-0.05, 0) is 41.2 Å². The zero-order valence-electron chi connectivity index (χ0n) is 22.8. The zero-order chi connectivity index (χ0) is 28.4. The van der Waals surface area contributed by atoms with Gasteiger partial charge in [-0.3, -0.25) is 14.4 Å². The van der Waals surface area contributed by atoms with Crippen molar-refractivity contribution in [2.45, 2.75) is 39.3 Å². The Morgan fingerprint density at radius 3 is 1.92 bits per heavy atom. The molecule has 0 spiro atoms. The molecule has 3 aromatic carbocycles. The Labute approximate surface area is 229 Å². The molecule has 2 atom stereocenters. The highest BCUT2D eigenvalue weighted by atomic mass is 16.5. The largest absolute Gasteiger partial charge is 0.496 e. The minimum Gasteiger partial charge on any atom is -0.496 e. The smallest absolute Gasteiger partial charge is 0.304 e. The molecule has 0 bridgehead atoms. The van der Waals surface area contributed by atoms with Crippen LogP contribution in [-0.4, -0.2) is 37.1 Å². The fourth-order valence-electron chi connectivity index (χ4n) is 4.50. The molecule has 3 N–H and O–H groups in total. The van der Waals surface area contributed by atoms with E-state index in [9.17, 15) is 19.5 Å². The van der Waals surface area contributed by atoms with Crippen molar-refractivity contribution in [2.24, 2.45) is 11.8 Å². The highest BCUT2D eigenvalue weighted by Gasteiger charge is 2.29. The minimum atomic E-state index is -1.06. The van der Waals surface area contributed by atoms with Crippen LogP contribution in [0.1, 0.15) is 43.9 Å². The molecule has 0 saturated heterocycles. The Morgan fingerprint density at radius 1 is 0.795 bits per heavy atom. The van der Waals surface area contributed by atoms with Crippen LogP contribution in [0, 0.1) is 11.8 Å². The topological polar surface area (TPSA) is 114 Å². The first-order valence-electron chi connectivity index (χ1n) is 12.9. The molecule has 0 fully saturated rings. The molecule has 0 heterocycles. The molecule has 8 nitrogen and oxygen atoms in total. The summed E-state index contributed by atoms with van der Waals surface area (Å²) in [7, 11) is 3.07. The monoisotopic (exact) mass is 532 g/mol. The third-order valence-corrected chi connectivity index (χ3v) is 6.42. The molecule has 2 amide bonds. The average Bonchev–Trinajstić information content (AvgIpc) is 2.94. The molecule has 0 aliphatic carbocycles. The van der Waals surface area contributed by atoms with Gasteiger partial charge in [-0.15, -0.1) is 0 Å². The molecule has 0 aliphatic rings. The van der Waals surface area contributed by atoms with Gasteiger partial charge in [0, 0.05) is 5.92 Å². The fourth-order valence-corrected chi connectivity index (χ4v) is 4.50. The van der Waals surface area contributed by atoms with E-state index in [1.165, 1.54) is 14.2 Å². The van der Waals surface area contributed by atoms with Gasteiger partial charge in [0.15, 0.2) is 0 Å². The van der Waals surface area contributed by atoms with E-state index in [4.69, 9.17) is 9.47 Å². The van der Waals surface area contributed by atoms with Crippen molar-refractivity contribution in [3.8, 4) is 22.6 Å². The van der Waals surface area contributed by atoms with Gasteiger partial charge in [-0.25, -0.2) is 0 Å². The maximum atomic E-state index is 13.5. The van der Waals surface area contributed by atoms with Gasteiger partial charge in [-0.2, -0.15) is 0 Å². The predicted octanol–water partition coefficient (Wildman–Crippen LogP) is 4.98. The molecule has 0 saturated carbocycles. The van der Waals surface area contributed by atoms with Crippen LogP contribution in [0.5, 0.6) is 11.5 Å². The molecule has 206 valence electrons. The van der Waals surface area contributed by atoms with E-state index in [2.05, 4.69) is 10.6 Å². The molecule has 39 heavy (non-hydrogen) atoms. The summed E-state index contributed by atoms with van der Waals surface area (Å²) >= 11 is 0. The van der Waals surface area contributed by atoms with Crippen LogP contribution >= 0.6 is 0 Å². The van der Waals surface area contributed by atoms with Gasteiger partial charge in [0.05, 0.1) is 32.7 Å². The number of ether oxygens (including phenoxy) is 2. The average molecular weight is 533 g/mol. The van der Waals surface area contributed by atoms with Crippen LogP contribution in [0.25, 0.3) is 11.1 Å². The van der Waals surface area contributed by atoms with Crippen LogP contribution in [0.3, 0.4) is 0 Å². The first kappa shape index (κ1) is 29.2. The highest BCUT2D eigenvalue weighted by Crippen LogP contribution is 2.29. The number of aliphatic carboxylic acids is 1. The van der Waals surface area contributed by atoms with Crippen molar-refractivity contribution in [1.29, 1.82) is 0 Å². The van der Waals surface area contributed by atoms with Gasteiger partial charge >= 0.3 is 5.97 Å². The normalized spacial score (nSPS) is 12.3. The molecule has 1 unspecified atom stereocenters. The van der Waals surface area contributed by atoms with E-state index in [0.717, 1.165) is 11.1 Å². The summed E-state index contributed by atoms with van der Waals surface area (Å²) in [6.07, 6.45) is 0.0710. The third kappa shape index (κ3) is 8.07. The van der Waals surface area contributed by atoms with Crippen LogP contribution in [0.2, 0.25) is 0 Å². The second-order valence-corrected chi connectivity index (χ2v) is 9.71. The number of methoxy groups -OCH3 is 2. The number of rotatable bonds is 13. The lowest BCUT2D eigenvalue weighted by atomic mass is 9.92. The second kappa shape index (κ2) is 14.0. The lowest BCUT2D eigenvalue weighted by Crippen LogP contribution is -2.43. The number of carboxylic acid groups (broad SMARTS) is 1. The van der Waals surface area contributed by atoms with Crippen LogP contribution < -0.4 is 20.1 Å². The zero-order valence-corrected chi connectivity index (χ0v) is 22.8. The van der Waals surface area contributed by atoms with Gasteiger partial charge in [-0.1, -0.05) is 74.5 Å². The number of carboxylic acids is 1. The van der Waals surface area contributed by atoms with Crippen LogP contribution in [0.4, 0.5) is 0 Å². The van der Waals surface area contributed by atoms with E-state index < -0.39 is 29.7 Å². The van der Waals surface area contributed by atoms with Crippen molar-refractivity contribution in [1.82, 2.24) is 10.6 Å². The van der Waals surface area contributed by atoms with Crippen molar-refractivity contribution < 1.29 is 29.0 Å². The summed E-state index contributed by atoms with van der Waals surface area (Å²) in [5.41, 5.74) is 3.22. The van der Waals surface area contributed by atoms with E-state index in [1.54, 1.807) is 30.3 Å². The third-order valence-electron chi connectivity index (χ3n) is 6.42. The number of hydrogen-bond acceptors (Lipinski definition) is 5. The fraction of sp³-hybridized carbons (Fsp3) is 0.323. The highest BCUT2D eigenvalue weighted by molar-refractivity contribution is 5.91. The first-order chi connectivity index (χ1) is 18.7. The maximum Gasteiger partial charge on any atom is 0.304 e. The molecule has 3 rings (SSSR count). The van der Waals surface area contributed by atoms with Crippen molar-refractivity contribution >= 4 is 17.8 Å². The quantitative estimate of drug-likeness (QED) is 0.286. The molecule has 0 aromatic heterocycles. The maximum absolute atomic E-state index is 13.5. The SMILES string of the molecule is COc1cccc(OC)c1CNC(=O)C(NC(=O)[C@@H](CC(=O)O)CC(C)C)c1ccc(-c2ccccc2)cc1. The lowest BCUT2D eigenvalue weighted by Gasteiger charge is -2.23. The van der Waals surface area contributed by atoms with Gasteiger partial charge < -0.3 is 25.2 Å². The first-order valence-corrected chi connectivity index (χ1v) is 12.9. The Morgan fingerprint density at radius 2 is 1.38 bits per heavy atom. The lowest BCUT2D eigenvalue weighted by molar-refractivity contribution is -0.141. The van der Waals surface area contributed by atoms with E-state index in [-0.39, 0.29) is 18.9 Å². The Bertz CT molecular complexity index is 1240. The van der Waals surface area contributed by atoms with Crippen molar-refractivity contribution in [3.63, 3.8) is 0 Å². The summed E-state index contributed by atoms with van der Waals surface area (Å²) in [6, 6.07) is 21.5. The van der Waals surface area contributed by atoms with Gasteiger partial charge in [0.1, 0.15) is 17.5 Å². The number of nitrogens with one attached hydrogen (secondary N) is 2. The molecule has 0 radical (unpaired) electrons. The number of carbonyl (C=O) groups is 3. The number of hydrogen-bond donors (Lipinski definition) is 3. The van der Waals surface area contributed by atoms with Crippen LogP contribution in [-0.2, 0) is 20.9 Å². The van der Waals surface area contributed by atoms with Gasteiger partial charge in [0.2, 0.25) is 11.8 Å². The van der Waals surface area contributed by atoms with Crippen molar-refractivity contribution in [3.05, 3.63) is 83.9 Å². The summed E-state index contributed by atoms with van der Waals surface area (Å²) in [5.74, 6) is -1.53. The summed E-state index contributed by atoms with van der Waals surface area (Å²) in [5, 5.41) is 15.1. The minimum absolute atomic E-state index is 0.102. The van der Waals surface area contributed by atoms with Crippen molar-refractivity contribution in [2.75, 3.05) is 14.2 Å². The van der Waals surface area contributed by atoms with E-state index in [1.807, 2.05) is 56.3 Å². The predicted molar refractivity (Wildman–Crippen MR) is 149 cm³/mol. The standard InChI is InChI=1S/C31H36N2O6/c1-20(2)17-24(18-28(34)35)30(36)33-29(23-15-13-22(14-16-23)21-9-6-5-7-10-21)31(37)32-19-25-26(38-3)11-8-12-27(25)39-4/h5-16,20,24,29H,17-19H2,1-4H3,(H,32,37)(H,33,36)(H,34,35)/t24-,29?/m1/s1. The van der Waals surface area contributed by atoms with E-state index in [0.29, 0.717) is 29.0 Å². The Kier molecular flexibility index (Phi) is 10.5. The van der Waals surface area contributed by atoms with Gasteiger partial charge in [0.25, 0.3) is 0 Å². The number of carbonyl (C=O) groups excluding carboxylic acids is 2. The molecule has 8 heteroatoms. The number of benzene rings is 3. The number of amides is 2. The summed E-state index contributed by atoms with van der Waals surface area (Å²) in [4.78, 5) is 38.3. The molecular weight excluding hydrogens is 496 g/mol. The summed E-state index contributed by atoms with van der Waals surface area (Å²) < 4.78 is 10.9. The summed E-state index contributed by atoms with van der Waals surface area (Å²) in [6.45, 7) is 3.95. The molecule has 3 aromatic rings. The van der Waals surface area contributed by atoms with E-state index >= 15 is 0 Å². The molecule has 0 aliphatic heterocycles. The Hall–Kier alpha value is -4.33. The van der Waals surface area contributed by atoms with Crippen LogP contribution in [0.15, 0.2) is 72.8 Å².